The number of hydrogen-bond acceptors (Lipinski definition) is 3. The Morgan fingerprint density at radius 3 is 2.56 bits per heavy atom. The molecule has 0 bridgehead atoms. The topological polar surface area (TPSA) is 15.3 Å². The van der Waals surface area contributed by atoms with Crippen LogP contribution in [0.1, 0.15) is 37.6 Å². The largest absolute Gasteiger partial charge is 0.314 e. The molecular formula is C14H23ClN2S. The average Bonchev–Trinajstić information content (AvgIpc) is 2.77. The van der Waals surface area contributed by atoms with E-state index in [4.69, 9.17) is 11.6 Å². The van der Waals surface area contributed by atoms with Gasteiger partial charge in [-0.1, -0.05) is 25.4 Å². The van der Waals surface area contributed by atoms with Crippen LogP contribution >= 0.6 is 22.9 Å². The maximum Gasteiger partial charge on any atom is 0.0931 e. The SMILES string of the molecule is CC(C)CC[C@H](c1ccc(Cl)s1)N1CCNCC1. The minimum absolute atomic E-state index is 0.562. The molecule has 1 N–H and O–H groups in total. The maximum absolute atomic E-state index is 6.09. The molecular weight excluding hydrogens is 264 g/mol. The Kier molecular flexibility index (Phi) is 5.49. The van der Waals surface area contributed by atoms with Gasteiger partial charge in [-0.05, 0) is 30.9 Å². The van der Waals surface area contributed by atoms with E-state index in [0.29, 0.717) is 6.04 Å². The van der Waals surface area contributed by atoms with Crippen molar-refractivity contribution in [3.8, 4) is 0 Å². The zero-order valence-corrected chi connectivity index (χ0v) is 12.9. The summed E-state index contributed by atoms with van der Waals surface area (Å²) in [4.78, 5) is 4.05. The van der Waals surface area contributed by atoms with Crippen LogP contribution in [0.25, 0.3) is 0 Å². The van der Waals surface area contributed by atoms with Gasteiger partial charge in [0.2, 0.25) is 0 Å². The monoisotopic (exact) mass is 286 g/mol. The first-order chi connectivity index (χ1) is 8.66. The summed E-state index contributed by atoms with van der Waals surface area (Å²) in [6, 6.07) is 4.80. The van der Waals surface area contributed by atoms with Crippen LogP contribution in [-0.4, -0.2) is 31.1 Å². The Hall–Kier alpha value is -0.0900. The van der Waals surface area contributed by atoms with Crippen molar-refractivity contribution in [3.63, 3.8) is 0 Å². The van der Waals surface area contributed by atoms with Crippen LogP contribution in [0.5, 0.6) is 0 Å². The van der Waals surface area contributed by atoms with E-state index in [2.05, 4.69) is 30.1 Å². The van der Waals surface area contributed by atoms with E-state index in [1.807, 2.05) is 6.07 Å². The van der Waals surface area contributed by atoms with E-state index in [1.165, 1.54) is 17.7 Å². The van der Waals surface area contributed by atoms with Gasteiger partial charge in [0.1, 0.15) is 0 Å². The van der Waals surface area contributed by atoms with Crippen molar-refractivity contribution in [1.82, 2.24) is 10.2 Å². The van der Waals surface area contributed by atoms with Gasteiger partial charge in [0, 0.05) is 37.1 Å². The second-order valence-corrected chi connectivity index (χ2v) is 7.16. The van der Waals surface area contributed by atoms with Gasteiger partial charge in [0.15, 0.2) is 0 Å². The Morgan fingerprint density at radius 1 is 1.28 bits per heavy atom. The summed E-state index contributed by atoms with van der Waals surface area (Å²) in [6.45, 7) is 9.12. The number of hydrogen-bond donors (Lipinski definition) is 1. The minimum Gasteiger partial charge on any atom is -0.314 e. The van der Waals surface area contributed by atoms with Gasteiger partial charge in [-0.3, -0.25) is 4.90 Å². The molecule has 0 spiro atoms. The molecule has 4 heteroatoms. The molecule has 2 nitrogen and oxygen atoms in total. The predicted octanol–water partition coefficient (Wildman–Crippen LogP) is 3.78. The summed E-state index contributed by atoms with van der Waals surface area (Å²) < 4.78 is 0.912. The average molecular weight is 287 g/mol. The molecule has 0 aromatic carbocycles. The van der Waals surface area contributed by atoms with Crippen molar-refractivity contribution >= 4 is 22.9 Å². The Balaban J connectivity index is 2.06. The highest BCUT2D eigenvalue weighted by Crippen LogP contribution is 2.34. The molecule has 0 amide bonds. The molecule has 102 valence electrons. The molecule has 0 radical (unpaired) electrons. The Morgan fingerprint density at radius 2 is 2.00 bits per heavy atom. The normalized spacial score (nSPS) is 19.3. The summed E-state index contributed by atoms with van der Waals surface area (Å²) in [5, 5.41) is 3.43. The lowest BCUT2D eigenvalue weighted by Gasteiger charge is -2.34. The molecule has 0 aliphatic carbocycles. The molecule has 1 saturated heterocycles. The van der Waals surface area contributed by atoms with E-state index in [1.54, 1.807) is 11.3 Å². The molecule has 1 aromatic heterocycles. The third-order valence-corrected chi connectivity index (χ3v) is 4.86. The second kappa shape index (κ2) is 6.90. The molecule has 0 saturated carbocycles. The number of nitrogens with zero attached hydrogens (tertiary/aromatic N) is 1. The number of halogens is 1. The van der Waals surface area contributed by atoms with Crippen LogP contribution < -0.4 is 5.32 Å². The van der Waals surface area contributed by atoms with Crippen LogP contribution in [0, 0.1) is 5.92 Å². The third kappa shape index (κ3) is 3.95. The van der Waals surface area contributed by atoms with Crippen molar-refractivity contribution in [2.45, 2.75) is 32.7 Å². The molecule has 2 heterocycles. The van der Waals surface area contributed by atoms with Crippen LogP contribution in [-0.2, 0) is 0 Å². The molecule has 2 rings (SSSR count). The summed E-state index contributed by atoms with van der Waals surface area (Å²) >= 11 is 7.84. The zero-order valence-electron chi connectivity index (χ0n) is 11.3. The van der Waals surface area contributed by atoms with Gasteiger partial charge in [-0.2, -0.15) is 0 Å². The standard InChI is InChI=1S/C14H23ClN2S/c1-11(2)3-4-12(13-5-6-14(15)18-13)17-9-7-16-8-10-17/h5-6,11-12,16H,3-4,7-10H2,1-2H3/t12-/m1/s1. The van der Waals surface area contributed by atoms with E-state index < -0.39 is 0 Å². The minimum atomic E-state index is 0.562. The lowest BCUT2D eigenvalue weighted by molar-refractivity contribution is 0.162. The Bertz CT molecular complexity index is 358. The second-order valence-electron chi connectivity index (χ2n) is 5.41. The fourth-order valence-electron chi connectivity index (χ4n) is 2.50. The first-order valence-corrected chi connectivity index (χ1v) is 8.06. The smallest absolute Gasteiger partial charge is 0.0931 e. The van der Waals surface area contributed by atoms with Gasteiger partial charge in [-0.15, -0.1) is 11.3 Å². The fourth-order valence-corrected chi connectivity index (χ4v) is 3.73. The molecule has 1 atom stereocenters. The van der Waals surface area contributed by atoms with Gasteiger partial charge in [0.05, 0.1) is 4.34 Å². The van der Waals surface area contributed by atoms with Crippen LogP contribution in [0.15, 0.2) is 12.1 Å². The summed E-state index contributed by atoms with van der Waals surface area (Å²) in [5.41, 5.74) is 0. The van der Waals surface area contributed by atoms with Crippen molar-refractivity contribution in [2.24, 2.45) is 5.92 Å². The van der Waals surface area contributed by atoms with E-state index in [0.717, 1.165) is 36.4 Å². The highest BCUT2D eigenvalue weighted by atomic mass is 35.5. The van der Waals surface area contributed by atoms with E-state index in [9.17, 15) is 0 Å². The molecule has 1 aliphatic rings. The Labute approximate surface area is 119 Å². The van der Waals surface area contributed by atoms with Gasteiger partial charge < -0.3 is 5.32 Å². The maximum atomic E-state index is 6.09. The lowest BCUT2D eigenvalue weighted by Crippen LogP contribution is -2.45. The summed E-state index contributed by atoms with van der Waals surface area (Å²) in [5.74, 6) is 0.769. The van der Waals surface area contributed by atoms with Crippen molar-refractivity contribution in [1.29, 1.82) is 0 Å². The lowest BCUT2D eigenvalue weighted by atomic mass is 10.0. The number of rotatable bonds is 5. The zero-order chi connectivity index (χ0) is 13.0. The summed E-state index contributed by atoms with van der Waals surface area (Å²) in [7, 11) is 0. The van der Waals surface area contributed by atoms with Crippen molar-refractivity contribution < 1.29 is 0 Å². The molecule has 1 fully saturated rings. The van der Waals surface area contributed by atoms with Crippen LogP contribution in [0.4, 0.5) is 0 Å². The van der Waals surface area contributed by atoms with Crippen LogP contribution in [0.2, 0.25) is 4.34 Å². The van der Waals surface area contributed by atoms with E-state index in [-0.39, 0.29) is 0 Å². The first-order valence-electron chi connectivity index (χ1n) is 6.87. The van der Waals surface area contributed by atoms with Crippen LogP contribution in [0.3, 0.4) is 0 Å². The highest BCUT2D eigenvalue weighted by Gasteiger charge is 2.23. The first kappa shape index (κ1) is 14.3. The number of thiophene rings is 1. The molecule has 18 heavy (non-hydrogen) atoms. The highest BCUT2D eigenvalue weighted by molar-refractivity contribution is 7.16. The van der Waals surface area contributed by atoms with Gasteiger partial charge in [0.25, 0.3) is 0 Å². The predicted molar refractivity (Wildman–Crippen MR) is 80.6 cm³/mol. The number of nitrogens with one attached hydrogen (secondary N) is 1. The van der Waals surface area contributed by atoms with E-state index >= 15 is 0 Å². The fraction of sp³-hybridized carbons (Fsp3) is 0.714. The molecule has 0 unspecified atom stereocenters. The molecule has 1 aromatic rings. The number of piperazine rings is 1. The van der Waals surface area contributed by atoms with Crippen molar-refractivity contribution in [3.05, 3.63) is 21.3 Å². The third-order valence-electron chi connectivity index (χ3n) is 3.53. The quantitative estimate of drug-likeness (QED) is 0.886. The molecule has 1 aliphatic heterocycles. The van der Waals surface area contributed by atoms with Gasteiger partial charge in [-0.25, -0.2) is 0 Å². The van der Waals surface area contributed by atoms with Crippen molar-refractivity contribution in [2.75, 3.05) is 26.2 Å². The summed E-state index contributed by atoms with van der Waals surface area (Å²) in [6.07, 6.45) is 2.53. The van der Waals surface area contributed by atoms with Gasteiger partial charge >= 0.3 is 0 Å².